The topological polar surface area (TPSA) is 76.5 Å². The van der Waals surface area contributed by atoms with Crippen molar-refractivity contribution < 1.29 is 14.3 Å². The van der Waals surface area contributed by atoms with Crippen LogP contribution < -0.4 is 5.32 Å². The molecule has 29 heavy (non-hydrogen) atoms. The highest BCUT2D eigenvalue weighted by atomic mass is 35.5. The zero-order chi connectivity index (χ0) is 21.2. The maximum absolute atomic E-state index is 13.1. The highest BCUT2D eigenvalue weighted by Gasteiger charge is 2.37. The Bertz CT molecular complexity index is 874. The Morgan fingerprint density at radius 2 is 2.03 bits per heavy atom. The Morgan fingerprint density at radius 1 is 1.31 bits per heavy atom. The number of hydrogen-bond acceptors (Lipinski definition) is 4. The average Bonchev–Trinajstić information content (AvgIpc) is 3.07. The summed E-state index contributed by atoms with van der Waals surface area (Å²) in [6.07, 6.45) is 3.16. The van der Waals surface area contributed by atoms with E-state index >= 15 is 0 Å². The van der Waals surface area contributed by atoms with Crippen LogP contribution in [0.3, 0.4) is 0 Å². The molecule has 1 saturated heterocycles. The second kappa shape index (κ2) is 8.63. The largest absolute Gasteiger partial charge is 0.444 e. The molecule has 0 radical (unpaired) electrons. The maximum atomic E-state index is 13.1. The highest BCUT2D eigenvalue weighted by molar-refractivity contribution is 6.35. The first-order valence-electron chi connectivity index (χ1n) is 9.34. The fourth-order valence-electron chi connectivity index (χ4n) is 3.08. The molecule has 1 aromatic carbocycles. The number of aromatic nitrogens is 2. The van der Waals surface area contributed by atoms with Crippen LogP contribution in [0.2, 0.25) is 10.0 Å². The predicted molar refractivity (Wildman–Crippen MR) is 111 cm³/mol. The first kappa shape index (κ1) is 21.5. The summed E-state index contributed by atoms with van der Waals surface area (Å²) in [4.78, 5) is 27.1. The quantitative estimate of drug-likeness (QED) is 0.771. The van der Waals surface area contributed by atoms with Crippen LogP contribution in [0, 0.1) is 0 Å². The van der Waals surface area contributed by atoms with Gasteiger partial charge in [-0.2, -0.15) is 5.10 Å². The number of carbonyl (C=O) groups excluding carboxylic acids is 2. The van der Waals surface area contributed by atoms with E-state index in [9.17, 15) is 9.59 Å². The molecule has 1 N–H and O–H groups in total. The fraction of sp³-hybridized carbons (Fsp3) is 0.450. The van der Waals surface area contributed by atoms with E-state index in [4.69, 9.17) is 27.9 Å². The summed E-state index contributed by atoms with van der Waals surface area (Å²) < 4.78 is 7.16. The smallest absolute Gasteiger partial charge is 0.408 e. The number of amides is 2. The summed E-state index contributed by atoms with van der Waals surface area (Å²) in [7, 11) is 0. The molecule has 1 atom stereocenters. The third-order valence-corrected chi connectivity index (χ3v) is 5.09. The number of benzene rings is 1. The van der Waals surface area contributed by atoms with Crippen molar-refractivity contribution in [1.29, 1.82) is 0 Å². The number of rotatable bonds is 5. The predicted octanol–water partition coefficient (Wildman–Crippen LogP) is 3.71. The van der Waals surface area contributed by atoms with Gasteiger partial charge in [0.25, 0.3) is 0 Å². The van der Waals surface area contributed by atoms with E-state index in [1.54, 1.807) is 50.1 Å². The first-order chi connectivity index (χ1) is 13.6. The van der Waals surface area contributed by atoms with Gasteiger partial charge in [-0.25, -0.2) is 4.79 Å². The van der Waals surface area contributed by atoms with Gasteiger partial charge in [0, 0.05) is 41.9 Å². The van der Waals surface area contributed by atoms with Crippen LogP contribution in [0.25, 0.3) is 0 Å². The van der Waals surface area contributed by atoms with E-state index in [-0.39, 0.29) is 18.4 Å². The van der Waals surface area contributed by atoms with E-state index in [1.165, 1.54) is 0 Å². The standard InChI is InChI=1S/C20H24Cl2N4O3/c1-20(2,3)29-19(28)24-17(9-13-5-6-14(21)10-16(13)22)18(27)25-11-15(12-25)26-8-4-7-23-26/h4-8,10,15,17H,9,11-12H2,1-3H3,(H,24,28). The van der Waals surface area contributed by atoms with Crippen LogP contribution in [0.15, 0.2) is 36.7 Å². The third kappa shape index (κ3) is 5.64. The van der Waals surface area contributed by atoms with Gasteiger partial charge in [-0.1, -0.05) is 29.3 Å². The molecule has 1 aromatic heterocycles. The Morgan fingerprint density at radius 3 is 2.62 bits per heavy atom. The number of alkyl carbamates (subject to hydrolysis) is 1. The molecule has 156 valence electrons. The zero-order valence-corrected chi connectivity index (χ0v) is 18.1. The molecule has 1 unspecified atom stereocenters. The Balaban J connectivity index is 1.71. The lowest BCUT2D eigenvalue weighted by Gasteiger charge is -2.41. The normalized spacial score (nSPS) is 15.6. The second-order valence-corrected chi connectivity index (χ2v) is 8.87. The summed E-state index contributed by atoms with van der Waals surface area (Å²) in [5, 5.41) is 7.86. The number of hydrogen-bond donors (Lipinski definition) is 1. The monoisotopic (exact) mass is 438 g/mol. The van der Waals surface area contributed by atoms with E-state index in [0.717, 1.165) is 5.56 Å². The van der Waals surface area contributed by atoms with E-state index in [2.05, 4.69) is 10.4 Å². The molecule has 0 aliphatic carbocycles. The molecule has 2 heterocycles. The minimum absolute atomic E-state index is 0.134. The van der Waals surface area contributed by atoms with Gasteiger partial charge < -0.3 is 15.0 Å². The van der Waals surface area contributed by atoms with Gasteiger partial charge >= 0.3 is 6.09 Å². The van der Waals surface area contributed by atoms with Gasteiger partial charge in [0.2, 0.25) is 5.91 Å². The van der Waals surface area contributed by atoms with Crippen molar-refractivity contribution in [3.8, 4) is 0 Å². The lowest BCUT2D eigenvalue weighted by Crippen LogP contribution is -2.58. The summed E-state index contributed by atoms with van der Waals surface area (Å²) in [5.74, 6) is -0.190. The maximum Gasteiger partial charge on any atom is 0.408 e. The number of carbonyl (C=O) groups is 2. The molecule has 0 saturated carbocycles. The second-order valence-electron chi connectivity index (χ2n) is 8.02. The van der Waals surface area contributed by atoms with Crippen LogP contribution >= 0.6 is 23.2 Å². The minimum Gasteiger partial charge on any atom is -0.444 e. The summed E-state index contributed by atoms with van der Waals surface area (Å²) in [6, 6.07) is 6.25. The Hall–Kier alpha value is -2.25. The van der Waals surface area contributed by atoms with Crippen LogP contribution in [-0.4, -0.2) is 51.4 Å². The number of ether oxygens (including phenoxy) is 1. The highest BCUT2D eigenvalue weighted by Crippen LogP contribution is 2.25. The van der Waals surface area contributed by atoms with Gasteiger partial charge in [0.05, 0.1) is 6.04 Å². The number of nitrogens with zero attached hydrogens (tertiary/aromatic N) is 3. The average molecular weight is 439 g/mol. The summed E-state index contributed by atoms with van der Waals surface area (Å²) in [5.41, 5.74) is 0.0481. The van der Waals surface area contributed by atoms with Gasteiger partial charge in [-0.3, -0.25) is 9.48 Å². The molecule has 0 spiro atoms. The van der Waals surface area contributed by atoms with Crippen molar-refractivity contribution >= 4 is 35.2 Å². The van der Waals surface area contributed by atoms with Gasteiger partial charge in [-0.05, 0) is 44.5 Å². The van der Waals surface area contributed by atoms with Crippen LogP contribution in [0.5, 0.6) is 0 Å². The molecule has 2 aromatic rings. The molecule has 3 rings (SSSR count). The van der Waals surface area contributed by atoms with Gasteiger partial charge in [-0.15, -0.1) is 0 Å². The molecule has 1 aliphatic rings. The molecule has 1 aliphatic heterocycles. The molecule has 2 amide bonds. The summed E-state index contributed by atoms with van der Waals surface area (Å²) >= 11 is 12.2. The van der Waals surface area contributed by atoms with Crippen molar-refractivity contribution in [3.05, 3.63) is 52.3 Å². The van der Waals surface area contributed by atoms with Crippen molar-refractivity contribution in [1.82, 2.24) is 20.0 Å². The fourth-order valence-corrected chi connectivity index (χ4v) is 3.56. The minimum atomic E-state index is -0.804. The van der Waals surface area contributed by atoms with Crippen LogP contribution in [-0.2, 0) is 16.0 Å². The van der Waals surface area contributed by atoms with E-state index < -0.39 is 17.7 Å². The van der Waals surface area contributed by atoms with Gasteiger partial charge in [0.15, 0.2) is 0 Å². The van der Waals surface area contributed by atoms with E-state index in [1.807, 2.05) is 16.9 Å². The van der Waals surface area contributed by atoms with E-state index in [0.29, 0.717) is 23.1 Å². The molecular formula is C20H24Cl2N4O3. The van der Waals surface area contributed by atoms with Crippen molar-refractivity contribution in [2.75, 3.05) is 13.1 Å². The summed E-state index contributed by atoms with van der Waals surface area (Å²) in [6.45, 7) is 6.36. The number of halogens is 2. The van der Waals surface area contributed by atoms with Crippen molar-refractivity contribution in [3.63, 3.8) is 0 Å². The van der Waals surface area contributed by atoms with Crippen molar-refractivity contribution in [2.45, 2.75) is 44.9 Å². The molecular weight excluding hydrogens is 415 g/mol. The molecule has 1 fully saturated rings. The molecule has 7 nitrogen and oxygen atoms in total. The zero-order valence-electron chi connectivity index (χ0n) is 16.6. The van der Waals surface area contributed by atoms with Crippen LogP contribution in [0.4, 0.5) is 4.79 Å². The van der Waals surface area contributed by atoms with Crippen molar-refractivity contribution in [2.24, 2.45) is 0 Å². The lowest BCUT2D eigenvalue weighted by atomic mass is 10.0. The number of likely N-dealkylation sites (tertiary alicyclic amines) is 1. The van der Waals surface area contributed by atoms with Crippen LogP contribution in [0.1, 0.15) is 32.4 Å². The molecule has 9 heteroatoms. The van der Waals surface area contributed by atoms with Gasteiger partial charge in [0.1, 0.15) is 11.6 Å². The SMILES string of the molecule is CC(C)(C)OC(=O)NC(Cc1ccc(Cl)cc1Cl)C(=O)N1CC(n2cccn2)C1. The Kier molecular flexibility index (Phi) is 6.39. The number of nitrogens with one attached hydrogen (secondary N) is 1. The lowest BCUT2D eigenvalue weighted by molar-refractivity contribution is -0.139. The first-order valence-corrected chi connectivity index (χ1v) is 10.1. The third-order valence-electron chi connectivity index (χ3n) is 4.50. The Labute approximate surface area is 179 Å². The molecule has 0 bridgehead atoms.